The van der Waals surface area contributed by atoms with E-state index in [0.717, 1.165) is 25.7 Å². The van der Waals surface area contributed by atoms with E-state index >= 15 is 0 Å². The zero-order valence-corrected chi connectivity index (χ0v) is 8.62. The van der Waals surface area contributed by atoms with Crippen molar-refractivity contribution >= 4 is 0 Å². The minimum Gasteiger partial charge on any atom is -0.396 e. The van der Waals surface area contributed by atoms with Crippen LogP contribution >= 0.6 is 0 Å². The first-order valence-electron chi connectivity index (χ1n) is 5.19. The lowest BCUT2D eigenvalue weighted by atomic mass is 9.88. The molecular formula is C10H21NO2. The van der Waals surface area contributed by atoms with Crippen LogP contribution in [0.15, 0.2) is 0 Å². The van der Waals surface area contributed by atoms with Crippen molar-refractivity contribution in [3.8, 4) is 0 Å². The van der Waals surface area contributed by atoms with Crippen LogP contribution in [0.25, 0.3) is 0 Å². The van der Waals surface area contributed by atoms with Crippen LogP contribution in [0.2, 0.25) is 0 Å². The molecule has 0 radical (unpaired) electrons. The number of aliphatic hydroxyl groups excluding tert-OH is 1. The molecule has 3 heteroatoms. The summed E-state index contributed by atoms with van der Waals surface area (Å²) in [6, 6.07) is 1.09. The van der Waals surface area contributed by atoms with Crippen LogP contribution in [-0.2, 0) is 4.74 Å². The van der Waals surface area contributed by atoms with Gasteiger partial charge in [0, 0.05) is 25.8 Å². The SMILES string of the molecule is CCC(CCO)NC1CC(OC)C1. The average Bonchev–Trinajstić information content (AvgIpc) is 2.08. The first-order chi connectivity index (χ1) is 6.30. The third kappa shape index (κ3) is 3.25. The molecule has 1 saturated carbocycles. The van der Waals surface area contributed by atoms with E-state index in [2.05, 4.69) is 12.2 Å². The summed E-state index contributed by atoms with van der Waals surface area (Å²) in [6.07, 6.45) is 4.67. The van der Waals surface area contributed by atoms with Gasteiger partial charge >= 0.3 is 0 Å². The standard InChI is InChI=1S/C10H21NO2/c1-3-8(4-5-12)11-9-6-10(7-9)13-2/h8-12H,3-7H2,1-2H3. The van der Waals surface area contributed by atoms with Gasteiger partial charge in [0.1, 0.15) is 0 Å². The van der Waals surface area contributed by atoms with Crippen molar-refractivity contribution in [2.45, 2.75) is 50.8 Å². The summed E-state index contributed by atoms with van der Waals surface area (Å²) in [6.45, 7) is 2.44. The van der Waals surface area contributed by atoms with Crippen molar-refractivity contribution < 1.29 is 9.84 Å². The van der Waals surface area contributed by atoms with Gasteiger partial charge in [0.25, 0.3) is 0 Å². The predicted molar refractivity (Wildman–Crippen MR) is 52.7 cm³/mol. The fraction of sp³-hybridized carbons (Fsp3) is 1.00. The Balaban J connectivity index is 2.10. The molecule has 0 aromatic rings. The molecule has 0 saturated heterocycles. The summed E-state index contributed by atoms with van der Waals surface area (Å²) >= 11 is 0. The summed E-state index contributed by atoms with van der Waals surface area (Å²) in [4.78, 5) is 0. The number of nitrogens with one attached hydrogen (secondary N) is 1. The number of methoxy groups -OCH3 is 1. The highest BCUT2D eigenvalue weighted by Crippen LogP contribution is 2.23. The third-order valence-corrected chi connectivity index (χ3v) is 2.87. The van der Waals surface area contributed by atoms with Gasteiger partial charge in [-0.1, -0.05) is 6.92 Å². The predicted octanol–water partition coefficient (Wildman–Crippen LogP) is 0.914. The normalized spacial score (nSPS) is 29.8. The van der Waals surface area contributed by atoms with Crippen molar-refractivity contribution in [2.24, 2.45) is 0 Å². The van der Waals surface area contributed by atoms with Crippen molar-refractivity contribution in [2.75, 3.05) is 13.7 Å². The molecule has 1 fully saturated rings. The molecule has 0 aliphatic heterocycles. The lowest BCUT2D eigenvalue weighted by molar-refractivity contribution is 0.0132. The van der Waals surface area contributed by atoms with Crippen molar-refractivity contribution in [3.05, 3.63) is 0 Å². The Hall–Kier alpha value is -0.120. The Morgan fingerprint density at radius 1 is 1.54 bits per heavy atom. The molecule has 1 rings (SSSR count). The van der Waals surface area contributed by atoms with Gasteiger partial charge < -0.3 is 15.2 Å². The van der Waals surface area contributed by atoms with Crippen LogP contribution < -0.4 is 5.32 Å². The highest BCUT2D eigenvalue weighted by Gasteiger charge is 2.29. The molecule has 1 atom stereocenters. The van der Waals surface area contributed by atoms with Gasteiger partial charge in [0.2, 0.25) is 0 Å². The number of aliphatic hydroxyl groups is 1. The Morgan fingerprint density at radius 2 is 2.23 bits per heavy atom. The minimum atomic E-state index is 0.284. The first-order valence-corrected chi connectivity index (χ1v) is 5.19. The van der Waals surface area contributed by atoms with Crippen LogP contribution in [0, 0.1) is 0 Å². The van der Waals surface area contributed by atoms with Crippen LogP contribution in [-0.4, -0.2) is 37.0 Å². The monoisotopic (exact) mass is 187 g/mol. The minimum absolute atomic E-state index is 0.284. The van der Waals surface area contributed by atoms with E-state index in [4.69, 9.17) is 9.84 Å². The van der Waals surface area contributed by atoms with Gasteiger partial charge in [0.15, 0.2) is 0 Å². The fourth-order valence-electron chi connectivity index (χ4n) is 1.79. The van der Waals surface area contributed by atoms with Crippen LogP contribution in [0.1, 0.15) is 32.6 Å². The first kappa shape index (κ1) is 11.0. The summed E-state index contributed by atoms with van der Waals surface area (Å²) in [5.74, 6) is 0. The maximum Gasteiger partial charge on any atom is 0.0601 e. The van der Waals surface area contributed by atoms with Gasteiger partial charge in [-0.2, -0.15) is 0 Å². The van der Waals surface area contributed by atoms with E-state index in [1.54, 1.807) is 7.11 Å². The summed E-state index contributed by atoms with van der Waals surface area (Å²) in [5.41, 5.74) is 0. The van der Waals surface area contributed by atoms with Gasteiger partial charge in [-0.25, -0.2) is 0 Å². The number of hydrogen-bond acceptors (Lipinski definition) is 3. The zero-order valence-electron chi connectivity index (χ0n) is 8.62. The fourth-order valence-corrected chi connectivity index (χ4v) is 1.79. The Bertz CT molecular complexity index is 135. The van der Waals surface area contributed by atoms with Gasteiger partial charge in [-0.15, -0.1) is 0 Å². The molecule has 0 bridgehead atoms. The summed E-state index contributed by atoms with van der Waals surface area (Å²) in [5, 5.41) is 12.3. The smallest absolute Gasteiger partial charge is 0.0601 e. The molecule has 0 heterocycles. The van der Waals surface area contributed by atoms with Gasteiger partial charge in [-0.3, -0.25) is 0 Å². The Morgan fingerprint density at radius 3 is 2.69 bits per heavy atom. The van der Waals surface area contributed by atoms with Crippen molar-refractivity contribution in [3.63, 3.8) is 0 Å². The maximum atomic E-state index is 8.80. The second-order valence-corrected chi connectivity index (χ2v) is 3.81. The molecule has 0 amide bonds. The van der Waals surface area contributed by atoms with Gasteiger partial charge in [0.05, 0.1) is 6.10 Å². The Labute approximate surface area is 80.5 Å². The number of rotatable bonds is 6. The zero-order chi connectivity index (χ0) is 9.68. The highest BCUT2D eigenvalue weighted by atomic mass is 16.5. The van der Waals surface area contributed by atoms with E-state index in [-0.39, 0.29) is 6.61 Å². The van der Waals surface area contributed by atoms with E-state index in [0.29, 0.717) is 18.2 Å². The molecule has 1 aliphatic rings. The van der Waals surface area contributed by atoms with Crippen LogP contribution in [0.4, 0.5) is 0 Å². The molecule has 0 aromatic heterocycles. The number of ether oxygens (including phenoxy) is 1. The summed E-state index contributed by atoms with van der Waals surface area (Å²) in [7, 11) is 1.77. The summed E-state index contributed by atoms with van der Waals surface area (Å²) < 4.78 is 5.20. The molecule has 1 aliphatic carbocycles. The third-order valence-electron chi connectivity index (χ3n) is 2.87. The highest BCUT2D eigenvalue weighted by molar-refractivity contribution is 4.87. The van der Waals surface area contributed by atoms with E-state index < -0.39 is 0 Å². The largest absolute Gasteiger partial charge is 0.396 e. The second-order valence-electron chi connectivity index (χ2n) is 3.81. The molecule has 0 aromatic carbocycles. The molecular weight excluding hydrogens is 166 g/mol. The molecule has 1 unspecified atom stereocenters. The molecule has 3 nitrogen and oxygen atoms in total. The van der Waals surface area contributed by atoms with E-state index in [1.165, 1.54) is 0 Å². The van der Waals surface area contributed by atoms with Crippen LogP contribution in [0.3, 0.4) is 0 Å². The van der Waals surface area contributed by atoms with Gasteiger partial charge in [-0.05, 0) is 25.7 Å². The molecule has 13 heavy (non-hydrogen) atoms. The molecule has 0 spiro atoms. The van der Waals surface area contributed by atoms with Crippen LogP contribution in [0.5, 0.6) is 0 Å². The molecule has 2 N–H and O–H groups in total. The number of hydrogen-bond donors (Lipinski definition) is 2. The van der Waals surface area contributed by atoms with Crippen molar-refractivity contribution in [1.29, 1.82) is 0 Å². The molecule has 78 valence electrons. The van der Waals surface area contributed by atoms with E-state index in [1.807, 2.05) is 0 Å². The topological polar surface area (TPSA) is 41.5 Å². The quantitative estimate of drug-likeness (QED) is 0.649. The Kier molecular flexibility index (Phi) is 4.70. The second kappa shape index (κ2) is 5.58. The average molecular weight is 187 g/mol. The maximum absolute atomic E-state index is 8.80. The van der Waals surface area contributed by atoms with E-state index in [9.17, 15) is 0 Å². The lowest BCUT2D eigenvalue weighted by Gasteiger charge is -2.37. The lowest BCUT2D eigenvalue weighted by Crippen LogP contribution is -2.49. The van der Waals surface area contributed by atoms with Crippen molar-refractivity contribution in [1.82, 2.24) is 5.32 Å².